The van der Waals surface area contributed by atoms with Gasteiger partial charge in [-0.1, -0.05) is 48.7 Å². The van der Waals surface area contributed by atoms with Crippen molar-refractivity contribution in [2.45, 2.75) is 38.8 Å². The number of rotatable bonds is 5. The van der Waals surface area contributed by atoms with Crippen molar-refractivity contribution in [3.8, 4) is 0 Å². The topological polar surface area (TPSA) is 46.2 Å². The molecule has 0 unspecified atom stereocenters. The SMILES string of the molecule is CC(C)CC[C@@H](O)[C@@H](N)c1cc(Cl)cc(Cl)c1Cl. The average molecular weight is 311 g/mol. The van der Waals surface area contributed by atoms with Crippen LogP contribution in [-0.2, 0) is 0 Å². The lowest BCUT2D eigenvalue weighted by Crippen LogP contribution is -2.26. The van der Waals surface area contributed by atoms with Gasteiger partial charge in [-0.05, 0) is 36.5 Å². The fourth-order valence-corrected chi connectivity index (χ4v) is 2.45. The Balaban J connectivity index is 2.86. The Morgan fingerprint density at radius 3 is 2.33 bits per heavy atom. The minimum atomic E-state index is -0.653. The summed E-state index contributed by atoms with van der Waals surface area (Å²) in [4.78, 5) is 0. The van der Waals surface area contributed by atoms with E-state index in [0.717, 1.165) is 6.42 Å². The number of aliphatic hydroxyl groups excluding tert-OH is 1. The fraction of sp³-hybridized carbons (Fsp3) is 0.538. The van der Waals surface area contributed by atoms with Crippen LogP contribution in [0.25, 0.3) is 0 Å². The lowest BCUT2D eigenvalue weighted by Gasteiger charge is -2.21. The summed E-state index contributed by atoms with van der Waals surface area (Å²) >= 11 is 17.9. The first-order chi connectivity index (χ1) is 8.32. The van der Waals surface area contributed by atoms with Crippen molar-refractivity contribution >= 4 is 34.8 Å². The minimum Gasteiger partial charge on any atom is -0.391 e. The molecular weight excluding hydrogens is 293 g/mol. The van der Waals surface area contributed by atoms with E-state index in [4.69, 9.17) is 40.5 Å². The van der Waals surface area contributed by atoms with Crippen LogP contribution >= 0.6 is 34.8 Å². The van der Waals surface area contributed by atoms with Crippen LogP contribution in [0.3, 0.4) is 0 Å². The highest BCUT2D eigenvalue weighted by Gasteiger charge is 2.21. The average Bonchev–Trinajstić information content (AvgIpc) is 2.29. The van der Waals surface area contributed by atoms with Gasteiger partial charge in [-0.3, -0.25) is 0 Å². The summed E-state index contributed by atoms with van der Waals surface area (Å²) in [7, 11) is 0. The van der Waals surface area contributed by atoms with Gasteiger partial charge in [0.1, 0.15) is 0 Å². The Labute approximate surface area is 123 Å². The Kier molecular flexibility index (Phi) is 6.22. The molecule has 0 heterocycles. The molecule has 5 heteroatoms. The Bertz CT molecular complexity index is 409. The van der Waals surface area contributed by atoms with Crippen LogP contribution in [0.2, 0.25) is 15.1 Å². The molecule has 0 bridgehead atoms. The third-order valence-corrected chi connectivity index (χ3v) is 3.87. The molecule has 1 aromatic rings. The van der Waals surface area contributed by atoms with Crippen molar-refractivity contribution in [2.75, 3.05) is 0 Å². The molecule has 0 saturated carbocycles. The zero-order valence-electron chi connectivity index (χ0n) is 10.5. The van der Waals surface area contributed by atoms with Gasteiger partial charge >= 0.3 is 0 Å². The summed E-state index contributed by atoms with van der Waals surface area (Å²) in [6, 6.07) is 2.63. The Hall–Kier alpha value is 0.01000. The van der Waals surface area contributed by atoms with Crippen molar-refractivity contribution in [1.29, 1.82) is 0 Å². The van der Waals surface area contributed by atoms with Crippen LogP contribution in [0.5, 0.6) is 0 Å². The van der Waals surface area contributed by atoms with Gasteiger partial charge in [0.2, 0.25) is 0 Å². The lowest BCUT2D eigenvalue weighted by atomic mass is 9.96. The van der Waals surface area contributed by atoms with E-state index in [9.17, 15) is 5.11 Å². The van der Waals surface area contributed by atoms with E-state index in [1.165, 1.54) is 0 Å². The van der Waals surface area contributed by atoms with Crippen LogP contribution < -0.4 is 5.73 Å². The number of hydrogen-bond acceptors (Lipinski definition) is 2. The minimum absolute atomic E-state index is 0.352. The molecular formula is C13H18Cl3NO. The standard InChI is InChI=1S/C13H18Cl3NO/c1-7(2)3-4-11(18)13(17)9-5-8(14)6-10(15)12(9)16/h5-7,11,13,18H,3-4,17H2,1-2H3/t11-,13+/m1/s1. The summed E-state index contributed by atoms with van der Waals surface area (Å²) in [5.74, 6) is 0.519. The first-order valence-electron chi connectivity index (χ1n) is 5.91. The molecule has 3 N–H and O–H groups in total. The quantitative estimate of drug-likeness (QED) is 0.790. The molecule has 0 aliphatic rings. The predicted molar refractivity (Wildman–Crippen MR) is 78.5 cm³/mol. The zero-order chi connectivity index (χ0) is 13.9. The van der Waals surface area contributed by atoms with Crippen molar-refractivity contribution in [3.63, 3.8) is 0 Å². The van der Waals surface area contributed by atoms with Crippen LogP contribution in [-0.4, -0.2) is 11.2 Å². The number of benzene rings is 1. The molecule has 102 valence electrons. The normalized spacial score (nSPS) is 14.9. The smallest absolute Gasteiger partial charge is 0.0733 e. The molecule has 0 amide bonds. The van der Waals surface area contributed by atoms with E-state index >= 15 is 0 Å². The van der Waals surface area contributed by atoms with Gasteiger partial charge in [0, 0.05) is 5.02 Å². The van der Waals surface area contributed by atoms with E-state index in [2.05, 4.69) is 13.8 Å². The van der Waals surface area contributed by atoms with E-state index in [-0.39, 0.29) is 0 Å². The van der Waals surface area contributed by atoms with Crippen molar-refractivity contribution in [3.05, 3.63) is 32.8 Å². The molecule has 0 aromatic heterocycles. The highest BCUT2D eigenvalue weighted by Crippen LogP contribution is 2.34. The summed E-state index contributed by atoms with van der Waals surface area (Å²) in [5.41, 5.74) is 6.60. The second-order valence-electron chi connectivity index (χ2n) is 4.86. The number of halogens is 3. The van der Waals surface area contributed by atoms with Crippen LogP contribution in [0.1, 0.15) is 38.3 Å². The fourth-order valence-electron chi connectivity index (χ4n) is 1.71. The Morgan fingerprint density at radius 2 is 1.78 bits per heavy atom. The van der Waals surface area contributed by atoms with Crippen molar-refractivity contribution in [2.24, 2.45) is 11.7 Å². The van der Waals surface area contributed by atoms with Gasteiger partial charge in [0.05, 0.1) is 22.2 Å². The molecule has 18 heavy (non-hydrogen) atoms. The second kappa shape index (κ2) is 6.97. The summed E-state index contributed by atoms with van der Waals surface area (Å²) in [6.45, 7) is 4.20. The van der Waals surface area contributed by atoms with Crippen LogP contribution in [0, 0.1) is 5.92 Å². The highest BCUT2D eigenvalue weighted by atomic mass is 35.5. The maximum atomic E-state index is 10.1. The molecule has 0 spiro atoms. The molecule has 0 aliphatic heterocycles. The maximum absolute atomic E-state index is 10.1. The first-order valence-corrected chi connectivity index (χ1v) is 7.04. The predicted octanol–water partition coefficient (Wildman–Crippen LogP) is 4.44. The lowest BCUT2D eigenvalue weighted by molar-refractivity contribution is 0.128. The Morgan fingerprint density at radius 1 is 1.17 bits per heavy atom. The molecule has 1 aromatic carbocycles. The highest BCUT2D eigenvalue weighted by molar-refractivity contribution is 6.43. The van der Waals surface area contributed by atoms with Gasteiger partial charge < -0.3 is 10.8 Å². The van der Waals surface area contributed by atoms with E-state index in [0.29, 0.717) is 33.0 Å². The molecule has 2 nitrogen and oxygen atoms in total. The van der Waals surface area contributed by atoms with Gasteiger partial charge in [-0.25, -0.2) is 0 Å². The molecule has 0 radical (unpaired) electrons. The number of hydrogen-bond donors (Lipinski definition) is 2. The van der Waals surface area contributed by atoms with E-state index in [1.807, 2.05) is 0 Å². The van der Waals surface area contributed by atoms with Crippen LogP contribution in [0.15, 0.2) is 12.1 Å². The zero-order valence-corrected chi connectivity index (χ0v) is 12.7. The third kappa shape index (κ3) is 4.29. The molecule has 0 saturated heterocycles. The van der Waals surface area contributed by atoms with Crippen molar-refractivity contribution in [1.82, 2.24) is 0 Å². The number of aliphatic hydroxyl groups is 1. The third-order valence-electron chi connectivity index (χ3n) is 2.83. The van der Waals surface area contributed by atoms with Gasteiger partial charge in [0.25, 0.3) is 0 Å². The van der Waals surface area contributed by atoms with Crippen LogP contribution in [0.4, 0.5) is 0 Å². The van der Waals surface area contributed by atoms with Gasteiger partial charge in [-0.15, -0.1) is 0 Å². The monoisotopic (exact) mass is 309 g/mol. The molecule has 2 atom stereocenters. The number of nitrogens with two attached hydrogens (primary N) is 1. The van der Waals surface area contributed by atoms with E-state index < -0.39 is 12.1 Å². The summed E-state index contributed by atoms with van der Waals surface area (Å²) in [6.07, 6.45) is 0.875. The van der Waals surface area contributed by atoms with Crippen molar-refractivity contribution < 1.29 is 5.11 Å². The summed E-state index contributed by atoms with van der Waals surface area (Å²) in [5, 5.41) is 11.2. The second-order valence-corrected chi connectivity index (χ2v) is 6.08. The first kappa shape index (κ1) is 16.1. The van der Waals surface area contributed by atoms with Gasteiger partial charge in [0.15, 0.2) is 0 Å². The largest absolute Gasteiger partial charge is 0.391 e. The maximum Gasteiger partial charge on any atom is 0.0733 e. The van der Waals surface area contributed by atoms with E-state index in [1.54, 1.807) is 12.1 Å². The molecule has 1 rings (SSSR count). The van der Waals surface area contributed by atoms with Gasteiger partial charge in [-0.2, -0.15) is 0 Å². The molecule has 0 aliphatic carbocycles. The summed E-state index contributed by atoms with van der Waals surface area (Å²) < 4.78 is 0. The molecule has 0 fully saturated rings.